The number of imidazole rings is 1. The molecule has 2 aromatic rings. The number of pyridine rings is 1. The molecule has 1 fully saturated rings. The van der Waals surface area contributed by atoms with Gasteiger partial charge in [0.15, 0.2) is 0 Å². The van der Waals surface area contributed by atoms with E-state index >= 15 is 0 Å². The molecule has 1 aliphatic rings. The maximum atomic E-state index is 11.8. The molecular formula is C12H10BrN3O2. The normalized spacial score (nSPS) is 20.2. The molecule has 0 bridgehead atoms. The van der Waals surface area contributed by atoms with Crippen LogP contribution in [0.5, 0.6) is 0 Å². The molecular weight excluding hydrogens is 298 g/mol. The van der Waals surface area contributed by atoms with Crippen molar-refractivity contribution in [3.05, 3.63) is 34.8 Å². The number of hydrogen-bond donors (Lipinski definition) is 1. The van der Waals surface area contributed by atoms with Crippen molar-refractivity contribution >= 4 is 33.3 Å². The fraction of sp³-hybridized carbons (Fsp3) is 0.250. The summed E-state index contributed by atoms with van der Waals surface area (Å²) in [7, 11) is 0. The molecule has 0 saturated carbocycles. The zero-order chi connectivity index (χ0) is 12.7. The van der Waals surface area contributed by atoms with E-state index in [4.69, 9.17) is 0 Å². The monoisotopic (exact) mass is 307 g/mol. The molecule has 0 aliphatic carbocycles. The van der Waals surface area contributed by atoms with Crippen LogP contribution in [-0.2, 0) is 9.59 Å². The highest BCUT2D eigenvalue weighted by atomic mass is 79.9. The second-order valence-corrected chi connectivity index (χ2v) is 5.18. The van der Waals surface area contributed by atoms with E-state index in [1.54, 1.807) is 6.20 Å². The van der Waals surface area contributed by atoms with Crippen molar-refractivity contribution in [1.82, 2.24) is 14.7 Å². The SMILES string of the molecule is O=C1CCC(c2ncc3ccc(Br)cn23)C(=O)N1. The molecule has 3 heterocycles. The summed E-state index contributed by atoms with van der Waals surface area (Å²) < 4.78 is 2.80. The van der Waals surface area contributed by atoms with Crippen molar-refractivity contribution in [2.24, 2.45) is 0 Å². The maximum absolute atomic E-state index is 11.8. The Morgan fingerprint density at radius 3 is 3.00 bits per heavy atom. The Morgan fingerprint density at radius 2 is 2.22 bits per heavy atom. The zero-order valence-electron chi connectivity index (χ0n) is 9.39. The van der Waals surface area contributed by atoms with Crippen LogP contribution in [0.25, 0.3) is 5.52 Å². The smallest absolute Gasteiger partial charge is 0.237 e. The molecule has 6 heteroatoms. The van der Waals surface area contributed by atoms with E-state index in [-0.39, 0.29) is 17.7 Å². The van der Waals surface area contributed by atoms with Gasteiger partial charge in [0.05, 0.1) is 17.6 Å². The molecule has 18 heavy (non-hydrogen) atoms. The van der Waals surface area contributed by atoms with E-state index in [0.29, 0.717) is 18.7 Å². The van der Waals surface area contributed by atoms with Crippen molar-refractivity contribution in [2.45, 2.75) is 18.8 Å². The van der Waals surface area contributed by atoms with Gasteiger partial charge in [-0.25, -0.2) is 4.98 Å². The first kappa shape index (κ1) is 11.4. The third-order valence-corrected chi connectivity index (χ3v) is 3.54. The number of fused-ring (bicyclic) bond motifs is 1. The second-order valence-electron chi connectivity index (χ2n) is 4.26. The molecule has 1 atom stereocenters. The summed E-state index contributed by atoms with van der Waals surface area (Å²) in [6.07, 6.45) is 4.47. The number of nitrogens with zero attached hydrogens (tertiary/aromatic N) is 2. The molecule has 1 aliphatic heterocycles. The first-order chi connectivity index (χ1) is 8.65. The summed E-state index contributed by atoms with van der Waals surface area (Å²) in [4.78, 5) is 27.3. The van der Waals surface area contributed by atoms with Gasteiger partial charge >= 0.3 is 0 Å². The predicted octanol–water partition coefficient (Wildman–Crippen LogP) is 1.62. The fourth-order valence-corrected chi connectivity index (χ4v) is 2.52. The van der Waals surface area contributed by atoms with Crippen LogP contribution in [0, 0.1) is 0 Å². The van der Waals surface area contributed by atoms with Crippen molar-refractivity contribution < 1.29 is 9.59 Å². The maximum Gasteiger partial charge on any atom is 0.237 e. The standard InChI is InChI=1S/C12H10BrN3O2/c13-7-1-2-8-5-14-11(16(8)6-7)9-3-4-10(17)15-12(9)18/h1-2,5-6,9H,3-4H2,(H,15,17,18). The van der Waals surface area contributed by atoms with Crippen LogP contribution in [0.3, 0.4) is 0 Å². The highest BCUT2D eigenvalue weighted by Crippen LogP contribution is 2.25. The molecule has 1 N–H and O–H groups in total. The van der Waals surface area contributed by atoms with E-state index in [1.165, 1.54) is 0 Å². The first-order valence-electron chi connectivity index (χ1n) is 5.61. The largest absolute Gasteiger partial charge is 0.302 e. The number of piperidine rings is 1. The topological polar surface area (TPSA) is 63.5 Å². The summed E-state index contributed by atoms with van der Waals surface area (Å²) in [6.45, 7) is 0. The number of hydrogen-bond acceptors (Lipinski definition) is 3. The van der Waals surface area contributed by atoms with Crippen LogP contribution in [0.15, 0.2) is 29.0 Å². The molecule has 0 spiro atoms. The van der Waals surface area contributed by atoms with Gasteiger partial charge in [-0.2, -0.15) is 0 Å². The average Bonchev–Trinajstić information content (AvgIpc) is 2.72. The van der Waals surface area contributed by atoms with Crippen molar-refractivity contribution in [3.63, 3.8) is 0 Å². The quantitative estimate of drug-likeness (QED) is 0.814. The van der Waals surface area contributed by atoms with Crippen LogP contribution in [0.1, 0.15) is 24.6 Å². The summed E-state index contributed by atoms with van der Waals surface area (Å²) in [5, 5.41) is 2.35. The van der Waals surface area contributed by atoms with Gasteiger partial charge in [-0.1, -0.05) is 0 Å². The van der Waals surface area contributed by atoms with Gasteiger partial charge in [-0.15, -0.1) is 0 Å². The highest BCUT2D eigenvalue weighted by molar-refractivity contribution is 9.10. The number of carbonyl (C=O) groups excluding carboxylic acids is 2. The molecule has 2 aromatic heterocycles. The number of imide groups is 1. The minimum atomic E-state index is -0.362. The van der Waals surface area contributed by atoms with Crippen LogP contribution in [0.2, 0.25) is 0 Å². The minimum Gasteiger partial charge on any atom is -0.302 e. The molecule has 3 rings (SSSR count). The first-order valence-corrected chi connectivity index (χ1v) is 6.40. The predicted molar refractivity (Wildman–Crippen MR) is 68.0 cm³/mol. The van der Waals surface area contributed by atoms with Gasteiger partial charge in [0.1, 0.15) is 5.82 Å². The van der Waals surface area contributed by atoms with Gasteiger partial charge in [0.25, 0.3) is 0 Å². The molecule has 1 unspecified atom stereocenters. The lowest BCUT2D eigenvalue weighted by Crippen LogP contribution is -2.40. The molecule has 92 valence electrons. The summed E-state index contributed by atoms with van der Waals surface area (Å²) >= 11 is 3.40. The Hall–Kier alpha value is -1.69. The van der Waals surface area contributed by atoms with E-state index in [2.05, 4.69) is 26.2 Å². The minimum absolute atomic E-state index is 0.210. The number of aromatic nitrogens is 2. The van der Waals surface area contributed by atoms with Gasteiger partial charge in [0.2, 0.25) is 11.8 Å². The van der Waals surface area contributed by atoms with E-state index in [9.17, 15) is 9.59 Å². The molecule has 0 aromatic carbocycles. The van der Waals surface area contributed by atoms with Crippen LogP contribution < -0.4 is 5.32 Å². The van der Waals surface area contributed by atoms with Gasteiger partial charge in [-0.05, 0) is 34.5 Å². The lowest BCUT2D eigenvalue weighted by Gasteiger charge is -2.19. The summed E-state index contributed by atoms with van der Waals surface area (Å²) in [6, 6.07) is 3.84. The Balaban J connectivity index is 2.06. The Labute approximate surface area is 111 Å². The van der Waals surface area contributed by atoms with Crippen molar-refractivity contribution in [2.75, 3.05) is 0 Å². The number of carbonyl (C=O) groups is 2. The third-order valence-electron chi connectivity index (χ3n) is 3.07. The van der Waals surface area contributed by atoms with Crippen LogP contribution in [-0.4, -0.2) is 21.2 Å². The van der Waals surface area contributed by atoms with E-state index in [0.717, 1.165) is 9.99 Å². The van der Waals surface area contributed by atoms with Gasteiger partial charge in [0, 0.05) is 17.1 Å². The lowest BCUT2D eigenvalue weighted by molar-refractivity contribution is -0.134. The summed E-state index contributed by atoms with van der Waals surface area (Å²) in [5.41, 5.74) is 0.929. The molecule has 1 saturated heterocycles. The van der Waals surface area contributed by atoms with E-state index < -0.39 is 0 Å². The molecule has 5 nitrogen and oxygen atoms in total. The van der Waals surface area contributed by atoms with Gasteiger partial charge in [-0.3, -0.25) is 14.9 Å². The highest BCUT2D eigenvalue weighted by Gasteiger charge is 2.30. The van der Waals surface area contributed by atoms with Gasteiger partial charge < -0.3 is 4.40 Å². The Bertz CT molecular complexity index is 650. The van der Waals surface area contributed by atoms with Crippen molar-refractivity contribution in [1.29, 1.82) is 0 Å². The van der Waals surface area contributed by atoms with Crippen LogP contribution >= 0.6 is 15.9 Å². The van der Waals surface area contributed by atoms with E-state index in [1.807, 2.05) is 22.7 Å². The number of rotatable bonds is 1. The van der Waals surface area contributed by atoms with Crippen LogP contribution in [0.4, 0.5) is 0 Å². The van der Waals surface area contributed by atoms with Crippen molar-refractivity contribution in [3.8, 4) is 0 Å². The molecule has 0 radical (unpaired) electrons. The number of amides is 2. The molecule has 2 amide bonds. The Kier molecular flexibility index (Phi) is 2.66. The lowest BCUT2D eigenvalue weighted by atomic mass is 9.97. The zero-order valence-corrected chi connectivity index (χ0v) is 11.0. The third kappa shape index (κ3) is 1.82. The Morgan fingerprint density at radius 1 is 1.39 bits per heavy atom. The average molecular weight is 308 g/mol. The second kappa shape index (κ2) is 4.20. The fourth-order valence-electron chi connectivity index (χ4n) is 2.18. The number of nitrogens with one attached hydrogen (secondary N) is 1. The summed E-state index contributed by atoms with van der Waals surface area (Å²) in [5.74, 6) is -0.159. The number of halogens is 1.